The number of halogens is 10. The van der Waals surface area contributed by atoms with Crippen molar-refractivity contribution in [2.45, 2.75) is 57.0 Å². The van der Waals surface area contributed by atoms with Crippen LogP contribution < -0.4 is 100.0 Å². The normalized spacial score (nSPS) is 14.2. The third-order valence-electron chi connectivity index (χ3n) is 19.3. The lowest BCUT2D eigenvalue weighted by atomic mass is 10.1. The van der Waals surface area contributed by atoms with E-state index < -0.39 is 141 Å². The zero-order valence-electron chi connectivity index (χ0n) is 71.2. The van der Waals surface area contributed by atoms with Crippen LogP contribution in [-0.2, 0) is 40.1 Å². The molecule has 0 aliphatic carbocycles. The Morgan fingerprint density at radius 3 is 1.18 bits per heavy atom. The molecule has 12 N–H and O–H groups in total. The number of carbonyl (C=O) groups excluding carboxylic acids is 8. The summed E-state index contributed by atoms with van der Waals surface area (Å²) in [6, 6.07) is 20.9. The quantitative estimate of drug-likeness (QED) is 0.0315. The number of thiophene rings is 4. The first-order valence-electron chi connectivity index (χ1n) is 38.7. The lowest BCUT2D eigenvalue weighted by Crippen LogP contribution is -2.46. The fraction of sp³-hybridized carbons (Fsp3) is 0.150. The maximum atomic E-state index is 14.8. The number of anilines is 12. The maximum absolute atomic E-state index is 14.8. The second-order valence-corrected chi connectivity index (χ2v) is 42.8. The fourth-order valence-corrected chi connectivity index (χ4v) is 22.4. The number of pyridine rings is 2. The number of rotatable bonds is 20. The van der Waals surface area contributed by atoms with Crippen LogP contribution in [-0.4, -0.2) is 155 Å². The molecule has 12 amide bonds. The third-order valence-corrected chi connectivity index (χ3v) is 31.5. The Bertz CT molecular complexity index is 7210. The highest BCUT2D eigenvalue weighted by atomic mass is 35.5. The van der Waals surface area contributed by atoms with Crippen molar-refractivity contribution in [1.82, 2.24) is 38.8 Å². The van der Waals surface area contributed by atoms with Crippen LogP contribution >= 0.6 is 91.8 Å². The first-order valence-corrected chi connectivity index (χ1v) is 49.4. The van der Waals surface area contributed by atoms with Crippen LogP contribution in [0, 0.1) is 48.8 Å². The number of urea groups is 4. The van der Waals surface area contributed by atoms with Gasteiger partial charge in [-0.2, -0.15) is 0 Å². The largest absolute Gasteiger partial charge is 0.472 e. The van der Waals surface area contributed by atoms with Crippen molar-refractivity contribution in [2.24, 2.45) is 0 Å². The Morgan fingerprint density at radius 2 is 0.775 bits per heavy atom. The number of aryl methyl sites for hydroxylation is 2. The van der Waals surface area contributed by atoms with Crippen LogP contribution in [0.5, 0.6) is 23.0 Å². The number of sulfonamides is 4. The van der Waals surface area contributed by atoms with Gasteiger partial charge in [-0.1, -0.05) is 46.4 Å². The Morgan fingerprint density at radius 1 is 0.391 bits per heavy atom. The molecule has 12 aromatic rings. The molecule has 0 saturated heterocycles. The van der Waals surface area contributed by atoms with E-state index in [9.17, 15) is 98.4 Å². The molecule has 0 spiro atoms. The number of amides is 12. The molecule has 4 aliphatic rings. The van der Waals surface area contributed by atoms with E-state index in [0.29, 0.717) is 16.8 Å². The fourth-order valence-electron chi connectivity index (χ4n) is 12.9. The number of nitrogens with zero attached hydrogens (tertiary/aromatic N) is 8. The van der Waals surface area contributed by atoms with Gasteiger partial charge in [0.2, 0.25) is 0 Å². The van der Waals surface area contributed by atoms with Gasteiger partial charge in [0.05, 0.1) is 104 Å². The van der Waals surface area contributed by atoms with E-state index in [2.05, 4.69) is 62.5 Å². The van der Waals surface area contributed by atoms with Crippen molar-refractivity contribution >= 4 is 248 Å². The lowest BCUT2D eigenvalue weighted by Gasteiger charge is -2.35. The summed E-state index contributed by atoms with van der Waals surface area (Å²) < 4.78 is 214. The zero-order valence-corrected chi connectivity index (χ0v) is 80.8. The van der Waals surface area contributed by atoms with Crippen LogP contribution in [0.2, 0.25) is 17.3 Å². The Kier molecular flexibility index (Phi) is 30.6. The zero-order chi connectivity index (χ0) is 100. The number of nitrogens with one attached hydrogen (secondary N) is 12. The number of carbonyl (C=O) groups is 8. The molecule has 4 aliphatic heterocycles. The smallest absolute Gasteiger partial charge is 0.334 e. The summed E-state index contributed by atoms with van der Waals surface area (Å²) in [5.74, 6) is -6.79. The minimum atomic E-state index is -4.20. The van der Waals surface area contributed by atoms with Crippen LogP contribution in [0.3, 0.4) is 0 Å². The van der Waals surface area contributed by atoms with Gasteiger partial charge in [-0.3, -0.25) is 54.7 Å². The maximum Gasteiger partial charge on any atom is 0.334 e. The molecule has 40 nitrogen and oxygen atoms in total. The molecular weight excluding hydrogens is 2070 g/mol. The SMILES string of the molecule is CNc1c(F)cc2c(c1F)OCN(c1cnc(NC(=O)NS(=O)(=O)c3ccc(Cl)s3)c(C)c1)C2=O.CNc1cc2c(cc1F)C(=O)N(c1ccc(NC(=O)NS(=O)(=O)c3ccc(Cl)s3)c(F)c1)C(C)O2.CNc1cc2c(cc1F)C(=O)N(c1cnc(NC(=O)NS(=O)(=O)c3ccc(Cl)s3)c(C)c1)C(C)O2.CNc1cc2c(cc1F)C(=O)N(c1cnc(NC(=O)NS(=O)(=O)c3ccc(Cl)s3)cn1)CO2. The number of ether oxygens (including phenoxy) is 4. The molecule has 58 heteroatoms. The Hall–Kier alpha value is -13.8. The molecule has 0 radical (unpaired) electrons. The predicted molar refractivity (Wildman–Crippen MR) is 503 cm³/mol. The topological polar surface area (TPSA) is 519 Å². The van der Waals surface area contributed by atoms with Crippen molar-refractivity contribution < 1.29 is 117 Å². The third kappa shape index (κ3) is 22.7. The number of fused-ring (bicyclic) bond motifs is 4. The highest BCUT2D eigenvalue weighted by Crippen LogP contribution is 2.42. The van der Waals surface area contributed by atoms with E-state index in [0.717, 1.165) is 103 Å². The highest BCUT2D eigenvalue weighted by molar-refractivity contribution is 7.93. The van der Waals surface area contributed by atoms with E-state index >= 15 is 0 Å². The van der Waals surface area contributed by atoms with Crippen molar-refractivity contribution in [3.8, 4) is 23.0 Å². The molecule has 0 bridgehead atoms. The first-order chi connectivity index (χ1) is 65.2. The number of aromatic nitrogens is 4. The van der Waals surface area contributed by atoms with E-state index in [1.165, 1.54) is 116 Å². The Balaban J connectivity index is 0.000000155. The molecule has 138 heavy (non-hydrogen) atoms. The number of hydrogen-bond acceptors (Lipinski definition) is 32. The number of hydrogen-bond donors (Lipinski definition) is 12. The average Bonchev–Trinajstić information content (AvgIpc) is 1.35. The van der Waals surface area contributed by atoms with Crippen LogP contribution in [0.15, 0.2) is 163 Å². The molecule has 7 aromatic heterocycles. The van der Waals surface area contributed by atoms with Gasteiger partial charge in [0.15, 0.2) is 49.1 Å². The van der Waals surface area contributed by atoms with Crippen molar-refractivity contribution in [3.63, 3.8) is 0 Å². The van der Waals surface area contributed by atoms with Gasteiger partial charge in [0.25, 0.3) is 63.7 Å². The highest BCUT2D eigenvalue weighted by Gasteiger charge is 2.39. The van der Waals surface area contributed by atoms with Gasteiger partial charge in [-0.15, -0.1) is 45.3 Å². The lowest BCUT2D eigenvalue weighted by molar-refractivity contribution is 0.0866. The molecule has 0 saturated carbocycles. The average molecular weight is 2140 g/mol. The van der Waals surface area contributed by atoms with Crippen LogP contribution in [0.25, 0.3) is 0 Å². The molecule has 5 aromatic carbocycles. The Labute approximate surface area is 813 Å². The molecular formula is C80H66Cl4F6N20O20S8. The summed E-state index contributed by atoms with van der Waals surface area (Å²) in [6.45, 7) is 5.83. The molecule has 16 rings (SSSR count). The predicted octanol–water partition coefficient (Wildman–Crippen LogP) is 15.6. The van der Waals surface area contributed by atoms with Gasteiger partial charge in [-0.05, 0) is 142 Å². The summed E-state index contributed by atoms with van der Waals surface area (Å²) in [6.07, 6.45) is 3.25. The van der Waals surface area contributed by atoms with Crippen LogP contribution in [0.4, 0.5) is 114 Å². The van der Waals surface area contributed by atoms with Crippen molar-refractivity contribution in [2.75, 3.05) is 104 Å². The van der Waals surface area contributed by atoms with Gasteiger partial charge in [-0.25, -0.2) is 118 Å². The number of benzene rings is 5. The summed E-state index contributed by atoms with van der Waals surface area (Å²) in [5.41, 5.74) is 0.972. The summed E-state index contributed by atoms with van der Waals surface area (Å²) >= 11 is 26.1. The van der Waals surface area contributed by atoms with Crippen molar-refractivity contribution in [1.29, 1.82) is 0 Å². The minimum Gasteiger partial charge on any atom is -0.472 e. The monoisotopic (exact) mass is 2140 g/mol. The second kappa shape index (κ2) is 41.6. The molecule has 2 atom stereocenters. The summed E-state index contributed by atoms with van der Waals surface area (Å²) in [5, 5.41) is 19.4. The molecule has 2 unspecified atom stereocenters. The second-order valence-electron chi connectivity index (χ2n) is 28.3. The van der Waals surface area contributed by atoms with Crippen molar-refractivity contribution in [3.05, 3.63) is 232 Å². The van der Waals surface area contributed by atoms with E-state index in [4.69, 9.17) is 65.4 Å². The van der Waals surface area contributed by atoms with E-state index in [1.807, 2.05) is 14.2 Å². The van der Waals surface area contributed by atoms with Gasteiger partial charge in [0, 0.05) is 46.4 Å². The minimum absolute atomic E-state index is 0.0139. The van der Waals surface area contributed by atoms with Gasteiger partial charge in [0.1, 0.15) is 80.5 Å². The summed E-state index contributed by atoms with van der Waals surface area (Å²) in [7, 11) is -10.6. The standard InChI is InChI=1S/C21H17ClF2N4O5S2.C21H19ClFN5O5S2.C20H16ClF2N5O5S2.C18H14ClFN6O5S2/c1-10-28(20(29)12-8-14(24)16(25-2)9-17(12)33-10)11-3-4-15(13(23)7-11)26-21(30)27-35(31,32)19-6-5-18(22)34-19;1-10-6-12(28-11(2)33-16-8-15(24-3)14(23)7-13(16)20(28)29)9-25-19(10)26-21(30)27-35(31,32)18-5-4-17(22)34-18;1-9-5-10(28-8-33-17-11(19(28)29)6-12(22)16(24-2)15(17)23)7-25-18(9)26-20(30)27-35(31,32)14-4-3-13(21)34-14;1-21-11-5-12-9(4-10(11)20)17(27)26(8-31-12)15-7-22-14(6-23-15)24-18(28)25-33(29,30)16-3-2-13(19)32-16/h3-10,25H,1-2H3,(H2,26,27,30);4-9,11,24H,1-3H3,(H2,25,26,27,30);3-7,24H,8H2,1-2H3,(H2,25,26,27,30);2-7,21H,8H2,1H3,(H2,22,24,25,28). The van der Waals surface area contributed by atoms with Crippen LogP contribution in [0.1, 0.15) is 66.4 Å². The van der Waals surface area contributed by atoms with Gasteiger partial charge < -0.3 is 45.5 Å². The van der Waals surface area contributed by atoms with Gasteiger partial charge >= 0.3 is 24.1 Å². The molecule has 0 fully saturated rings. The molecule has 11 heterocycles. The van der Waals surface area contributed by atoms with E-state index in [-0.39, 0.29) is 150 Å². The first kappa shape index (κ1) is 102. The molecule has 724 valence electrons. The summed E-state index contributed by atoms with van der Waals surface area (Å²) in [4.78, 5) is 121. The van der Waals surface area contributed by atoms with E-state index in [1.54, 1.807) is 52.6 Å².